The molecule has 3 aromatic rings. The summed E-state index contributed by atoms with van der Waals surface area (Å²) in [4.78, 5) is 20.3. The van der Waals surface area contributed by atoms with E-state index in [4.69, 9.17) is 4.98 Å². The average molecular weight is 465 g/mol. The lowest BCUT2D eigenvalue weighted by Gasteiger charge is -2.25. The van der Waals surface area contributed by atoms with Gasteiger partial charge in [0.25, 0.3) is 0 Å². The highest BCUT2D eigenvalue weighted by Crippen LogP contribution is 2.31. The van der Waals surface area contributed by atoms with Crippen LogP contribution in [0.4, 0.5) is 11.5 Å². The monoisotopic (exact) mass is 464 g/mol. The molecule has 1 fully saturated rings. The van der Waals surface area contributed by atoms with Gasteiger partial charge in [-0.3, -0.25) is 4.79 Å². The molecule has 172 valence electrons. The Morgan fingerprint density at radius 2 is 2.03 bits per heavy atom. The molecule has 2 aromatic carbocycles. The van der Waals surface area contributed by atoms with Crippen LogP contribution >= 0.6 is 0 Å². The molecule has 0 radical (unpaired) electrons. The van der Waals surface area contributed by atoms with Crippen LogP contribution in [0.3, 0.4) is 0 Å². The fraction of sp³-hybridized carbons (Fsp3) is 0.360. The minimum atomic E-state index is -3.36. The second kappa shape index (κ2) is 8.76. The third-order valence-corrected chi connectivity index (χ3v) is 8.29. The molecule has 1 aromatic heterocycles. The maximum Gasteiger partial charge on any atom is 0.228 e. The van der Waals surface area contributed by atoms with Crippen LogP contribution in [-0.4, -0.2) is 44.7 Å². The van der Waals surface area contributed by atoms with Gasteiger partial charge in [-0.15, -0.1) is 0 Å². The van der Waals surface area contributed by atoms with Crippen molar-refractivity contribution < 1.29 is 13.2 Å². The zero-order valence-corrected chi connectivity index (χ0v) is 19.5. The summed E-state index contributed by atoms with van der Waals surface area (Å²) in [6.07, 6.45) is 1.86. The van der Waals surface area contributed by atoms with E-state index in [0.717, 1.165) is 47.1 Å². The summed E-state index contributed by atoms with van der Waals surface area (Å²) in [6.45, 7) is 4.42. The number of nitrogens with one attached hydrogen (secondary N) is 2. The van der Waals surface area contributed by atoms with Crippen LogP contribution in [0.2, 0.25) is 0 Å². The third kappa shape index (κ3) is 4.45. The Balaban J connectivity index is 1.54. The number of aromatic nitrogens is 1. The van der Waals surface area contributed by atoms with E-state index in [-0.39, 0.29) is 17.6 Å². The van der Waals surface area contributed by atoms with Gasteiger partial charge >= 0.3 is 0 Å². The predicted molar refractivity (Wildman–Crippen MR) is 130 cm³/mol. The van der Waals surface area contributed by atoms with Crippen LogP contribution < -0.4 is 15.5 Å². The number of anilines is 2. The van der Waals surface area contributed by atoms with Gasteiger partial charge in [0, 0.05) is 31.1 Å². The lowest BCUT2D eigenvalue weighted by Crippen LogP contribution is -2.37. The second-order valence-electron chi connectivity index (χ2n) is 8.93. The van der Waals surface area contributed by atoms with Crippen molar-refractivity contribution in [3.63, 3.8) is 0 Å². The van der Waals surface area contributed by atoms with E-state index < -0.39 is 9.84 Å². The number of piperidine rings is 1. The average Bonchev–Trinajstić information content (AvgIpc) is 2.96. The minimum Gasteiger partial charge on any atom is -0.351 e. The molecule has 0 spiro atoms. The molecule has 2 aliphatic rings. The van der Waals surface area contributed by atoms with Gasteiger partial charge in [-0.2, -0.15) is 0 Å². The van der Waals surface area contributed by atoms with Gasteiger partial charge in [0.05, 0.1) is 27.8 Å². The molecular weight excluding hydrogens is 436 g/mol. The number of hydrogen-bond donors (Lipinski definition) is 2. The molecule has 0 aliphatic carbocycles. The molecular formula is C25H28N4O3S. The smallest absolute Gasteiger partial charge is 0.228 e. The number of fused-ring (bicyclic) bond motifs is 2. The molecule has 0 bridgehead atoms. The van der Waals surface area contributed by atoms with Crippen molar-refractivity contribution in [2.45, 2.75) is 31.2 Å². The zero-order valence-electron chi connectivity index (χ0n) is 18.7. The maximum atomic E-state index is 13.0. The molecule has 1 atom stereocenters. The maximum absolute atomic E-state index is 13.0. The minimum absolute atomic E-state index is 0.00551. The van der Waals surface area contributed by atoms with E-state index in [0.29, 0.717) is 30.3 Å². The summed E-state index contributed by atoms with van der Waals surface area (Å²) < 4.78 is 25.6. The van der Waals surface area contributed by atoms with Gasteiger partial charge in [0.2, 0.25) is 5.91 Å². The number of amides is 1. The number of carbonyl (C=O) groups is 1. The fourth-order valence-corrected chi connectivity index (χ4v) is 6.16. The predicted octanol–water partition coefficient (Wildman–Crippen LogP) is 3.28. The molecule has 33 heavy (non-hydrogen) atoms. The number of sulfone groups is 1. The lowest BCUT2D eigenvalue weighted by molar-refractivity contribution is -0.120. The highest BCUT2D eigenvalue weighted by Gasteiger charge is 2.27. The molecule has 1 unspecified atom stereocenters. The first kappa shape index (κ1) is 21.9. The molecule has 0 saturated carbocycles. The SMILES string of the molecule is Cc1ccc2nc(N3CCS(=O)(=O)c4ccccc4C3)cc(NC(=O)C3CCCNC3)c2c1. The van der Waals surface area contributed by atoms with Crippen molar-refractivity contribution >= 4 is 38.2 Å². The lowest BCUT2D eigenvalue weighted by atomic mass is 9.98. The summed E-state index contributed by atoms with van der Waals surface area (Å²) in [6, 6.07) is 15.0. The summed E-state index contributed by atoms with van der Waals surface area (Å²) >= 11 is 0. The van der Waals surface area contributed by atoms with E-state index in [1.54, 1.807) is 12.1 Å². The van der Waals surface area contributed by atoms with Crippen molar-refractivity contribution in [1.82, 2.24) is 10.3 Å². The Hall–Kier alpha value is -2.97. The molecule has 1 amide bonds. The topological polar surface area (TPSA) is 91.4 Å². The van der Waals surface area contributed by atoms with E-state index in [1.165, 1.54) is 0 Å². The third-order valence-electron chi connectivity index (χ3n) is 6.50. The van der Waals surface area contributed by atoms with Gasteiger partial charge in [-0.1, -0.05) is 29.8 Å². The first-order chi connectivity index (χ1) is 15.9. The number of rotatable bonds is 3. The van der Waals surface area contributed by atoms with Crippen LogP contribution in [0, 0.1) is 12.8 Å². The molecule has 2 aliphatic heterocycles. The Bertz CT molecular complexity index is 1320. The van der Waals surface area contributed by atoms with E-state index in [1.807, 2.05) is 48.2 Å². The number of hydrogen-bond acceptors (Lipinski definition) is 6. The number of pyridine rings is 1. The standard InChI is InChI=1S/C25H28N4O3S/c1-17-8-9-21-20(13-17)22(28-25(30)18-6-4-10-26-15-18)14-24(27-21)29-11-12-33(31,32)23-7-3-2-5-19(23)16-29/h2-3,5,7-9,13-14,18,26H,4,6,10-12,15-16H2,1H3,(H,27,28,30). The quantitative estimate of drug-likeness (QED) is 0.618. The Labute approximate surface area is 194 Å². The highest BCUT2D eigenvalue weighted by molar-refractivity contribution is 7.91. The second-order valence-corrected chi connectivity index (χ2v) is 11.0. The van der Waals surface area contributed by atoms with Crippen LogP contribution in [-0.2, 0) is 21.2 Å². The van der Waals surface area contributed by atoms with Crippen molar-refractivity contribution in [2.24, 2.45) is 5.92 Å². The number of benzene rings is 2. The molecule has 8 heteroatoms. The van der Waals surface area contributed by atoms with E-state index in [2.05, 4.69) is 10.6 Å². The molecule has 2 N–H and O–H groups in total. The summed E-state index contributed by atoms with van der Waals surface area (Å²) in [5.74, 6) is 0.624. The van der Waals surface area contributed by atoms with Gasteiger partial charge < -0.3 is 15.5 Å². The molecule has 5 rings (SSSR count). The van der Waals surface area contributed by atoms with Gasteiger partial charge in [-0.25, -0.2) is 13.4 Å². The number of nitrogens with zero attached hydrogens (tertiary/aromatic N) is 2. The number of aryl methyl sites for hydroxylation is 1. The Morgan fingerprint density at radius 3 is 2.85 bits per heavy atom. The zero-order chi connectivity index (χ0) is 23.0. The molecule has 7 nitrogen and oxygen atoms in total. The molecule has 3 heterocycles. The van der Waals surface area contributed by atoms with E-state index in [9.17, 15) is 13.2 Å². The van der Waals surface area contributed by atoms with Crippen LogP contribution in [0.25, 0.3) is 10.9 Å². The van der Waals surface area contributed by atoms with Crippen LogP contribution in [0.15, 0.2) is 53.4 Å². The first-order valence-electron chi connectivity index (χ1n) is 11.4. The largest absolute Gasteiger partial charge is 0.351 e. The number of carbonyl (C=O) groups excluding carboxylic acids is 1. The Morgan fingerprint density at radius 1 is 1.18 bits per heavy atom. The van der Waals surface area contributed by atoms with Crippen molar-refractivity contribution in [3.8, 4) is 0 Å². The summed E-state index contributed by atoms with van der Waals surface area (Å²) in [5.41, 5.74) is 3.34. The normalized spacial score (nSPS) is 20.2. The van der Waals surface area contributed by atoms with Crippen LogP contribution in [0.1, 0.15) is 24.0 Å². The molecule has 1 saturated heterocycles. The summed E-state index contributed by atoms with van der Waals surface area (Å²) in [7, 11) is -3.36. The van der Waals surface area contributed by atoms with Gasteiger partial charge in [-0.05, 0) is 50.1 Å². The first-order valence-corrected chi connectivity index (χ1v) is 13.0. The van der Waals surface area contributed by atoms with Gasteiger partial charge in [0.15, 0.2) is 9.84 Å². The van der Waals surface area contributed by atoms with Crippen LogP contribution in [0.5, 0.6) is 0 Å². The van der Waals surface area contributed by atoms with E-state index >= 15 is 0 Å². The van der Waals surface area contributed by atoms with Crippen molar-refractivity contribution in [3.05, 3.63) is 59.7 Å². The van der Waals surface area contributed by atoms with Crippen molar-refractivity contribution in [1.29, 1.82) is 0 Å². The fourth-order valence-electron chi connectivity index (χ4n) is 4.66. The summed E-state index contributed by atoms with van der Waals surface area (Å²) in [5, 5.41) is 7.33. The Kier molecular flexibility index (Phi) is 5.80. The highest BCUT2D eigenvalue weighted by atomic mass is 32.2. The van der Waals surface area contributed by atoms with Gasteiger partial charge in [0.1, 0.15) is 5.82 Å². The van der Waals surface area contributed by atoms with Crippen molar-refractivity contribution in [2.75, 3.05) is 35.6 Å².